The van der Waals surface area contributed by atoms with Crippen LogP contribution in [0.5, 0.6) is 0 Å². The zero-order valence-corrected chi connectivity index (χ0v) is 24.2. The van der Waals surface area contributed by atoms with E-state index < -0.39 is 0 Å². The molecule has 0 spiro atoms. The van der Waals surface area contributed by atoms with Gasteiger partial charge in [-0.15, -0.1) is 0 Å². The summed E-state index contributed by atoms with van der Waals surface area (Å²) in [6.45, 7) is 14.9. The first kappa shape index (κ1) is 33.0. The van der Waals surface area contributed by atoms with E-state index in [2.05, 4.69) is 41.5 Å². The minimum absolute atomic E-state index is 0.358. The van der Waals surface area contributed by atoms with E-state index >= 15 is 0 Å². The molecule has 0 aliphatic rings. The van der Waals surface area contributed by atoms with Gasteiger partial charge in [0.1, 0.15) is 0 Å². The molecule has 0 amide bonds. The highest BCUT2D eigenvalue weighted by atomic mass is 16.2. The maximum Gasteiger partial charge on any atom is 0.0431 e. The van der Waals surface area contributed by atoms with Gasteiger partial charge in [-0.25, -0.2) is 0 Å². The molecule has 0 fully saturated rings. The van der Waals surface area contributed by atoms with Crippen LogP contribution in [0.1, 0.15) is 170 Å². The second-order valence-corrected chi connectivity index (χ2v) is 12.3. The van der Waals surface area contributed by atoms with Crippen molar-refractivity contribution in [1.82, 2.24) is 0 Å². The normalized spacial score (nSPS) is 16.5. The van der Waals surface area contributed by atoms with Crippen LogP contribution in [0.2, 0.25) is 0 Å². The van der Waals surface area contributed by atoms with Gasteiger partial charge in [0, 0.05) is 6.61 Å². The van der Waals surface area contributed by atoms with E-state index in [-0.39, 0.29) is 0 Å². The molecule has 1 heteroatoms. The molecule has 0 aromatic heterocycles. The molecule has 5 unspecified atom stereocenters. The van der Waals surface area contributed by atoms with Gasteiger partial charge >= 0.3 is 0 Å². The van der Waals surface area contributed by atoms with Crippen LogP contribution in [-0.2, 0) is 0 Å². The number of hydrogen-bond donors (Lipinski definition) is 1. The Balaban J connectivity index is 3.58. The molecule has 0 saturated heterocycles. The number of aliphatic hydroxyl groups is 1. The van der Waals surface area contributed by atoms with Gasteiger partial charge in [0.05, 0.1) is 0 Å². The lowest BCUT2D eigenvalue weighted by molar-refractivity contribution is 0.269. The van der Waals surface area contributed by atoms with E-state index in [4.69, 9.17) is 5.11 Å². The van der Waals surface area contributed by atoms with Crippen LogP contribution in [0.15, 0.2) is 0 Å². The van der Waals surface area contributed by atoms with E-state index in [1.54, 1.807) is 0 Å². The van der Waals surface area contributed by atoms with Crippen LogP contribution in [-0.4, -0.2) is 11.7 Å². The Kier molecular flexibility index (Phi) is 23.7. The molecule has 0 aromatic carbocycles. The Bertz CT molecular complexity index is 379. The lowest BCUT2D eigenvalue weighted by Crippen LogP contribution is -2.02. The predicted octanol–water partition coefficient (Wildman–Crippen LogP) is 11.0. The van der Waals surface area contributed by atoms with Crippen molar-refractivity contribution >= 4 is 0 Å². The van der Waals surface area contributed by atoms with Crippen LogP contribution < -0.4 is 0 Å². The molecule has 0 aliphatic heterocycles. The van der Waals surface area contributed by atoms with Crippen LogP contribution in [0, 0.1) is 29.6 Å². The Morgan fingerprint density at radius 2 is 0.636 bits per heavy atom. The van der Waals surface area contributed by atoms with E-state index in [9.17, 15) is 0 Å². The van der Waals surface area contributed by atoms with Crippen molar-refractivity contribution < 1.29 is 5.11 Å². The minimum Gasteiger partial charge on any atom is -0.396 e. The average molecular weight is 467 g/mol. The fraction of sp³-hybridized carbons (Fsp3) is 1.00. The fourth-order valence-corrected chi connectivity index (χ4v) is 5.52. The van der Waals surface area contributed by atoms with Crippen molar-refractivity contribution in [2.45, 2.75) is 170 Å². The van der Waals surface area contributed by atoms with Gasteiger partial charge in [-0.3, -0.25) is 0 Å². The van der Waals surface area contributed by atoms with Gasteiger partial charge < -0.3 is 5.11 Å². The average Bonchev–Trinajstić information content (AvgIpc) is 2.77. The molecule has 0 aromatic rings. The summed E-state index contributed by atoms with van der Waals surface area (Å²) < 4.78 is 0. The quantitative estimate of drug-likeness (QED) is 0.133. The zero-order valence-electron chi connectivity index (χ0n) is 24.2. The van der Waals surface area contributed by atoms with E-state index in [0.29, 0.717) is 6.61 Å². The summed E-state index contributed by atoms with van der Waals surface area (Å²) in [5.41, 5.74) is 0. The van der Waals surface area contributed by atoms with Crippen LogP contribution >= 0.6 is 0 Å². The van der Waals surface area contributed by atoms with Crippen molar-refractivity contribution in [3.8, 4) is 0 Å². The van der Waals surface area contributed by atoms with Crippen LogP contribution in [0.25, 0.3) is 0 Å². The van der Waals surface area contributed by atoms with E-state index in [0.717, 1.165) is 36.0 Å². The number of aliphatic hydroxyl groups excluding tert-OH is 1. The Morgan fingerprint density at radius 3 is 0.939 bits per heavy atom. The molecule has 0 aliphatic carbocycles. The van der Waals surface area contributed by atoms with Gasteiger partial charge in [-0.05, 0) is 42.4 Å². The van der Waals surface area contributed by atoms with Crippen molar-refractivity contribution in [2.75, 3.05) is 6.61 Å². The molecule has 0 saturated carbocycles. The standard InChI is InChI=1S/C32H66O/c1-7-8-9-10-11-17-28(2)18-12-19-29(3)20-13-21-30(4)22-14-23-31(5)24-15-25-32(6)26-16-27-33/h28-33H,7-27H2,1-6H3. The Hall–Kier alpha value is -0.0400. The maximum absolute atomic E-state index is 8.95. The summed E-state index contributed by atoms with van der Waals surface area (Å²) in [5.74, 6) is 4.46. The predicted molar refractivity (Wildman–Crippen MR) is 151 cm³/mol. The summed E-state index contributed by atoms with van der Waals surface area (Å²) in [7, 11) is 0. The molecule has 5 atom stereocenters. The highest BCUT2D eigenvalue weighted by Crippen LogP contribution is 2.25. The first-order valence-electron chi connectivity index (χ1n) is 15.5. The first-order chi connectivity index (χ1) is 15.9. The van der Waals surface area contributed by atoms with Crippen LogP contribution in [0.4, 0.5) is 0 Å². The van der Waals surface area contributed by atoms with Gasteiger partial charge in [0.15, 0.2) is 0 Å². The van der Waals surface area contributed by atoms with Gasteiger partial charge in [0.2, 0.25) is 0 Å². The molecule has 0 radical (unpaired) electrons. The number of hydrogen-bond acceptors (Lipinski definition) is 1. The molecule has 0 rings (SSSR count). The SMILES string of the molecule is CCCCCCCC(C)CCCC(C)CCCC(C)CCCC(C)CCCC(C)CCCO. The van der Waals surface area contributed by atoms with Crippen LogP contribution in [0.3, 0.4) is 0 Å². The lowest BCUT2D eigenvalue weighted by Gasteiger charge is -2.17. The maximum atomic E-state index is 8.95. The van der Waals surface area contributed by atoms with Gasteiger partial charge in [-0.2, -0.15) is 0 Å². The van der Waals surface area contributed by atoms with Crippen molar-refractivity contribution in [3.63, 3.8) is 0 Å². The molecular weight excluding hydrogens is 400 g/mol. The smallest absolute Gasteiger partial charge is 0.0431 e. The number of rotatable bonds is 25. The largest absolute Gasteiger partial charge is 0.396 e. The summed E-state index contributed by atoms with van der Waals surface area (Å²) in [4.78, 5) is 0. The lowest BCUT2D eigenvalue weighted by atomic mass is 9.89. The summed E-state index contributed by atoms with van der Waals surface area (Å²) in [5, 5.41) is 8.95. The highest BCUT2D eigenvalue weighted by molar-refractivity contribution is 4.63. The van der Waals surface area contributed by atoms with Crippen molar-refractivity contribution in [1.29, 1.82) is 0 Å². The van der Waals surface area contributed by atoms with Gasteiger partial charge in [0.25, 0.3) is 0 Å². The van der Waals surface area contributed by atoms with E-state index in [1.165, 1.54) is 122 Å². The number of unbranched alkanes of at least 4 members (excludes halogenated alkanes) is 4. The third kappa shape index (κ3) is 23.5. The molecule has 0 bridgehead atoms. The summed E-state index contributed by atoms with van der Waals surface area (Å²) in [6.07, 6.45) is 27.8. The van der Waals surface area contributed by atoms with Gasteiger partial charge in [-0.1, -0.05) is 157 Å². The molecule has 0 heterocycles. The minimum atomic E-state index is 0.358. The monoisotopic (exact) mass is 467 g/mol. The highest BCUT2D eigenvalue weighted by Gasteiger charge is 2.10. The summed E-state index contributed by atoms with van der Waals surface area (Å²) >= 11 is 0. The Morgan fingerprint density at radius 1 is 0.364 bits per heavy atom. The molecule has 1 N–H and O–H groups in total. The molecule has 1 nitrogen and oxygen atoms in total. The molecule has 33 heavy (non-hydrogen) atoms. The van der Waals surface area contributed by atoms with E-state index in [1.807, 2.05) is 0 Å². The fourth-order valence-electron chi connectivity index (χ4n) is 5.52. The van der Waals surface area contributed by atoms with Crippen molar-refractivity contribution in [3.05, 3.63) is 0 Å². The third-order valence-electron chi connectivity index (χ3n) is 8.23. The third-order valence-corrected chi connectivity index (χ3v) is 8.23. The van der Waals surface area contributed by atoms with Crippen molar-refractivity contribution in [2.24, 2.45) is 29.6 Å². The summed E-state index contributed by atoms with van der Waals surface area (Å²) in [6, 6.07) is 0. The first-order valence-corrected chi connectivity index (χ1v) is 15.5. The zero-order chi connectivity index (χ0) is 24.7. The molecular formula is C32H66O. The second-order valence-electron chi connectivity index (χ2n) is 12.3. The second kappa shape index (κ2) is 23.7. The molecule has 200 valence electrons. The topological polar surface area (TPSA) is 20.2 Å². The Labute approximate surface area is 211 Å².